The van der Waals surface area contributed by atoms with Crippen molar-refractivity contribution >= 4 is 27.3 Å². The number of nitrogens with one attached hydrogen (secondary N) is 1. The van der Waals surface area contributed by atoms with Gasteiger partial charge in [0.2, 0.25) is 0 Å². The van der Waals surface area contributed by atoms with Gasteiger partial charge in [0.05, 0.1) is 11.9 Å². The molecule has 1 aliphatic rings. The molecule has 0 unspecified atom stereocenters. The fourth-order valence-corrected chi connectivity index (χ4v) is 4.96. The molecular formula is C20H20F4N4O4S. The number of nitrogens with two attached hydrogens (primary N) is 1. The van der Waals surface area contributed by atoms with Crippen LogP contribution in [0.15, 0.2) is 35.5 Å². The van der Waals surface area contributed by atoms with E-state index < -0.39 is 50.3 Å². The van der Waals surface area contributed by atoms with Crippen molar-refractivity contribution in [1.29, 1.82) is 0 Å². The molecule has 3 N–H and O–H groups in total. The van der Waals surface area contributed by atoms with Crippen molar-refractivity contribution in [2.24, 2.45) is 10.7 Å². The lowest BCUT2D eigenvalue weighted by Gasteiger charge is -2.35. The Kier molecular flexibility index (Phi) is 6.13. The number of pyridine rings is 1. The first-order valence-corrected chi connectivity index (χ1v) is 11.1. The van der Waals surface area contributed by atoms with Crippen LogP contribution in [-0.2, 0) is 15.4 Å². The highest BCUT2D eigenvalue weighted by molar-refractivity contribution is 7.93. The Morgan fingerprint density at radius 3 is 2.52 bits per heavy atom. The first kappa shape index (κ1) is 24.4. The smallest absolute Gasteiger partial charge is 0.387 e. The van der Waals surface area contributed by atoms with E-state index in [1.54, 1.807) is 0 Å². The molecule has 0 saturated heterocycles. The molecule has 0 fully saturated rings. The Labute approximate surface area is 186 Å². The number of aliphatic imine (C=N–C) groups is 1. The van der Waals surface area contributed by atoms with Gasteiger partial charge < -0.3 is 15.8 Å². The summed E-state index contributed by atoms with van der Waals surface area (Å²) in [7, 11) is -4.43. The number of carbonyl (C=O) groups is 1. The van der Waals surface area contributed by atoms with Crippen LogP contribution in [0.3, 0.4) is 0 Å². The Bertz CT molecular complexity index is 1250. The maximum atomic E-state index is 14.6. The number of benzene rings is 1. The zero-order valence-electron chi connectivity index (χ0n) is 17.7. The van der Waals surface area contributed by atoms with E-state index in [9.17, 15) is 30.8 Å². The molecule has 1 aliphatic heterocycles. The largest absolute Gasteiger partial charge is 0.433 e. The second-order valence-electron chi connectivity index (χ2n) is 7.81. The Morgan fingerprint density at radius 2 is 1.94 bits per heavy atom. The van der Waals surface area contributed by atoms with E-state index >= 15 is 0 Å². The number of aromatic nitrogens is 1. The van der Waals surface area contributed by atoms with E-state index in [1.165, 1.54) is 26.0 Å². The van der Waals surface area contributed by atoms with E-state index in [4.69, 9.17) is 5.73 Å². The van der Waals surface area contributed by atoms with Gasteiger partial charge in [0.1, 0.15) is 28.6 Å². The Balaban J connectivity index is 1.93. The van der Waals surface area contributed by atoms with E-state index in [0.717, 1.165) is 25.3 Å². The molecular weight excluding hydrogens is 468 g/mol. The highest BCUT2D eigenvalue weighted by Gasteiger charge is 2.53. The minimum atomic E-state index is -4.43. The zero-order chi connectivity index (χ0) is 24.8. The summed E-state index contributed by atoms with van der Waals surface area (Å²) in [5.41, 5.74) is 3.75. The average Bonchev–Trinajstić information content (AvgIpc) is 2.67. The van der Waals surface area contributed by atoms with Gasteiger partial charge in [-0.15, -0.1) is 0 Å². The molecule has 2 atom stereocenters. The van der Waals surface area contributed by atoms with Crippen LogP contribution in [0.5, 0.6) is 5.75 Å². The fraction of sp³-hybridized carbons (Fsp3) is 0.350. The Morgan fingerprint density at radius 1 is 1.27 bits per heavy atom. The van der Waals surface area contributed by atoms with Crippen molar-refractivity contribution in [2.45, 2.75) is 37.9 Å². The molecule has 0 spiro atoms. The van der Waals surface area contributed by atoms with E-state index in [1.807, 2.05) is 0 Å². The number of nitrogens with zero attached hydrogens (tertiary/aromatic N) is 2. The van der Waals surface area contributed by atoms with E-state index in [0.29, 0.717) is 0 Å². The molecule has 1 aromatic carbocycles. The molecule has 0 aliphatic carbocycles. The highest BCUT2D eigenvalue weighted by Crippen LogP contribution is 2.39. The summed E-state index contributed by atoms with van der Waals surface area (Å²) in [6, 6.07) is 4.55. The average molecular weight is 488 g/mol. The molecule has 1 amide bonds. The van der Waals surface area contributed by atoms with Crippen LogP contribution in [0, 0.1) is 12.7 Å². The van der Waals surface area contributed by atoms with E-state index in [2.05, 4.69) is 20.0 Å². The number of ether oxygens (including phenoxy) is 1. The molecule has 0 radical (unpaired) electrons. The van der Waals surface area contributed by atoms with Gasteiger partial charge in [0.15, 0.2) is 9.84 Å². The molecule has 13 heteroatoms. The number of rotatable bonds is 5. The third-order valence-corrected chi connectivity index (χ3v) is 7.50. The van der Waals surface area contributed by atoms with Gasteiger partial charge in [-0.3, -0.25) is 9.79 Å². The van der Waals surface area contributed by atoms with Gasteiger partial charge in [-0.2, -0.15) is 8.78 Å². The third-order valence-electron chi connectivity index (χ3n) is 5.18. The number of sulfone groups is 1. The Hall–Kier alpha value is -3.22. The number of aryl methyl sites for hydroxylation is 1. The van der Waals surface area contributed by atoms with Gasteiger partial charge in [0.25, 0.3) is 10.9 Å². The summed E-state index contributed by atoms with van der Waals surface area (Å²) in [6.45, 7) is 0.445. The zero-order valence-corrected chi connectivity index (χ0v) is 18.5. The van der Waals surface area contributed by atoms with Crippen LogP contribution in [0.1, 0.15) is 35.5 Å². The molecule has 8 nitrogen and oxygen atoms in total. The summed E-state index contributed by atoms with van der Waals surface area (Å²) >= 11 is 0. The van der Waals surface area contributed by atoms with Crippen LogP contribution in [0.4, 0.5) is 23.2 Å². The van der Waals surface area contributed by atoms with Crippen LogP contribution >= 0.6 is 0 Å². The predicted octanol–water partition coefficient (Wildman–Crippen LogP) is 3.07. The predicted molar refractivity (Wildman–Crippen MR) is 112 cm³/mol. The monoisotopic (exact) mass is 488 g/mol. The van der Waals surface area contributed by atoms with Crippen molar-refractivity contribution in [3.05, 3.63) is 53.1 Å². The van der Waals surface area contributed by atoms with Crippen LogP contribution in [-0.4, -0.2) is 42.5 Å². The summed E-state index contributed by atoms with van der Waals surface area (Å²) in [5.74, 6) is -3.48. The summed E-state index contributed by atoms with van der Waals surface area (Å²) < 4.78 is 82.9. The minimum Gasteiger partial charge on any atom is -0.433 e. The van der Waals surface area contributed by atoms with Gasteiger partial charge >= 0.3 is 6.61 Å². The highest BCUT2D eigenvalue weighted by atomic mass is 32.2. The molecule has 2 aromatic rings. The topological polar surface area (TPSA) is 124 Å². The number of halogens is 4. The van der Waals surface area contributed by atoms with Crippen molar-refractivity contribution in [3.8, 4) is 5.75 Å². The van der Waals surface area contributed by atoms with Crippen molar-refractivity contribution in [1.82, 2.24) is 4.98 Å². The van der Waals surface area contributed by atoms with Crippen molar-refractivity contribution in [3.63, 3.8) is 0 Å². The SMILES string of the molecule is Cc1cc(OC(F)F)cnc1C(=O)Nc1ccc(F)c([C@]2(C)CS(=O)(=O)[C@@](C)(F)C(N)=N2)c1. The van der Waals surface area contributed by atoms with Crippen molar-refractivity contribution < 1.29 is 35.5 Å². The van der Waals surface area contributed by atoms with Gasteiger partial charge in [0, 0.05) is 11.3 Å². The van der Waals surface area contributed by atoms with E-state index in [-0.39, 0.29) is 28.3 Å². The maximum absolute atomic E-state index is 14.6. The van der Waals surface area contributed by atoms with Gasteiger partial charge in [-0.25, -0.2) is 22.2 Å². The second-order valence-corrected chi connectivity index (χ2v) is 10.1. The van der Waals surface area contributed by atoms with Gasteiger partial charge in [-0.1, -0.05) is 0 Å². The number of amidine groups is 1. The lowest BCUT2D eigenvalue weighted by atomic mass is 9.93. The number of hydrogen-bond donors (Lipinski definition) is 2. The van der Waals surface area contributed by atoms with Crippen LogP contribution in [0.25, 0.3) is 0 Å². The molecule has 33 heavy (non-hydrogen) atoms. The first-order chi connectivity index (χ1) is 15.2. The van der Waals surface area contributed by atoms with Crippen molar-refractivity contribution in [2.75, 3.05) is 11.1 Å². The number of carbonyl (C=O) groups excluding carboxylic acids is 1. The van der Waals surface area contributed by atoms with Gasteiger partial charge in [-0.05, 0) is 50.6 Å². The number of anilines is 1. The minimum absolute atomic E-state index is 0.0616. The normalized spacial score (nSPS) is 24.3. The first-order valence-electron chi connectivity index (χ1n) is 9.46. The summed E-state index contributed by atoms with van der Waals surface area (Å²) in [5, 5.41) is -0.420. The number of amides is 1. The molecule has 0 saturated carbocycles. The maximum Gasteiger partial charge on any atom is 0.387 e. The standard InChI is InChI=1S/C20H20F4N4O4S/c1-10-6-12(32-18(22)23)8-26-15(10)16(29)27-11-4-5-14(21)13(7-11)19(2)9-33(30,31)20(3,24)17(25)28-19/h4-8,18H,9H2,1-3H3,(H2,25,28)(H,27,29)/t19-,20+/m0/s1. The van der Waals surface area contributed by atoms with Crippen LogP contribution in [0.2, 0.25) is 0 Å². The quantitative estimate of drug-likeness (QED) is 0.624. The summed E-state index contributed by atoms with van der Waals surface area (Å²) in [4.78, 5) is 20.3. The molecule has 1 aromatic heterocycles. The van der Waals surface area contributed by atoms with Crippen LogP contribution < -0.4 is 15.8 Å². The summed E-state index contributed by atoms with van der Waals surface area (Å²) in [6.07, 6.45) is 0.948. The third kappa shape index (κ3) is 4.63. The fourth-order valence-electron chi connectivity index (χ4n) is 3.36. The molecule has 178 valence electrons. The molecule has 0 bridgehead atoms. The molecule has 2 heterocycles. The molecule has 3 rings (SSSR count). The lowest BCUT2D eigenvalue weighted by molar-refractivity contribution is -0.0501. The number of hydrogen-bond acceptors (Lipinski definition) is 7. The lowest BCUT2D eigenvalue weighted by Crippen LogP contribution is -2.54. The second kappa shape index (κ2) is 8.28. The number of alkyl halides is 3.